The number of carbonyl (C=O) groups is 2. The Morgan fingerprint density at radius 1 is 1.25 bits per heavy atom. The number of nitrogens with zero attached hydrogens (tertiary/aromatic N) is 2. The summed E-state index contributed by atoms with van der Waals surface area (Å²) in [5, 5.41) is 2.63. The summed E-state index contributed by atoms with van der Waals surface area (Å²) in [6, 6.07) is 8.86. The van der Waals surface area contributed by atoms with Crippen molar-refractivity contribution in [2.24, 2.45) is 0 Å². The van der Waals surface area contributed by atoms with Gasteiger partial charge in [0, 0.05) is 0 Å². The van der Waals surface area contributed by atoms with Crippen molar-refractivity contribution in [2.45, 2.75) is 0 Å². The second-order valence-electron chi connectivity index (χ2n) is 5.05. The molecule has 24 heavy (non-hydrogen) atoms. The standard InChI is InChI=1S/C16H14FN3O3S/c17-11-1-3-12(4-2-11)23-13-5-6-14(18-7-13)19-15(21)8-20-10-24-9-16(20)22/h1-7H,8-10H2,(H,18,19,21). The third-order valence-corrected chi connectivity index (χ3v) is 4.16. The van der Waals surface area contributed by atoms with Crippen LogP contribution in [-0.2, 0) is 9.59 Å². The van der Waals surface area contributed by atoms with Crippen LogP contribution in [0.2, 0.25) is 0 Å². The molecular formula is C16H14FN3O3S. The Morgan fingerprint density at radius 3 is 2.62 bits per heavy atom. The van der Waals surface area contributed by atoms with Crippen molar-refractivity contribution in [3.63, 3.8) is 0 Å². The molecule has 8 heteroatoms. The maximum absolute atomic E-state index is 12.8. The average Bonchev–Trinajstić information content (AvgIpc) is 2.96. The lowest BCUT2D eigenvalue weighted by Gasteiger charge is -2.14. The smallest absolute Gasteiger partial charge is 0.245 e. The van der Waals surface area contributed by atoms with E-state index in [2.05, 4.69) is 10.3 Å². The quantitative estimate of drug-likeness (QED) is 0.900. The van der Waals surface area contributed by atoms with E-state index in [1.165, 1.54) is 47.1 Å². The monoisotopic (exact) mass is 347 g/mol. The van der Waals surface area contributed by atoms with Crippen molar-refractivity contribution < 1.29 is 18.7 Å². The van der Waals surface area contributed by atoms with Gasteiger partial charge in [0.05, 0.1) is 17.8 Å². The average molecular weight is 347 g/mol. The van der Waals surface area contributed by atoms with Crippen molar-refractivity contribution in [3.05, 3.63) is 48.4 Å². The Kier molecular flexibility index (Phi) is 4.95. The van der Waals surface area contributed by atoms with Crippen LogP contribution >= 0.6 is 11.8 Å². The summed E-state index contributed by atoms with van der Waals surface area (Å²) in [4.78, 5) is 29.0. The third-order valence-electron chi connectivity index (χ3n) is 3.21. The van der Waals surface area contributed by atoms with Gasteiger partial charge < -0.3 is 15.0 Å². The number of carbonyl (C=O) groups excluding carboxylic acids is 2. The molecule has 1 saturated heterocycles. The van der Waals surface area contributed by atoms with E-state index >= 15 is 0 Å². The molecule has 1 N–H and O–H groups in total. The molecule has 1 aliphatic rings. The van der Waals surface area contributed by atoms with Crippen molar-refractivity contribution >= 4 is 29.4 Å². The minimum absolute atomic E-state index is 0.0152. The van der Waals surface area contributed by atoms with Crippen molar-refractivity contribution in [3.8, 4) is 11.5 Å². The zero-order valence-corrected chi connectivity index (χ0v) is 13.4. The second kappa shape index (κ2) is 7.31. The summed E-state index contributed by atoms with van der Waals surface area (Å²) in [6.45, 7) is 0.0152. The molecule has 1 fully saturated rings. The van der Waals surface area contributed by atoms with Crippen molar-refractivity contribution in [1.29, 1.82) is 0 Å². The minimum Gasteiger partial charge on any atom is -0.456 e. The number of amides is 2. The zero-order chi connectivity index (χ0) is 16.9. The van der Waals surface area contributed by atoms with Gasteiger partial charge >= 0.3 is 0 Å². The molecule has 0 radical (unpaired) electrons. The molecule has 2 amide bonds. The van der Waals surface area contributed by atoms with E-state index < -0.39 is 0 Å². The Bertz CT molecular complexity index is 737. The highest BCUT2D eigenvalue weighted by atomic mass is 32.2. The highest BCUT2D eigenvalue weighted by Gasteiger charge is 2.22. The van der Waals surface area contributed by atoms with Gasteiger partial charge in [-0.3, -0.25) is 9.59 Å². The Morgan fingerprint density at radius 2 is 2.00 bits per heavy atom. The molecule has 6 nitrogen and oxygen atoms in total. The number of hydrogen-bond acceptors (Lipinski definition) is 5. The first-order valence-corrected chi connectivity index (χ1v) is 8.30. The fourth-order valence-corrected chi connectivity index (χ4v) is 2.95. The van der Waals surface area contributed by atoms with Crippen molar-refractivity contribution in [2.75, 3.05) is 23.5 Å². The van der Waals surface area contributed by atoms with Gasteiger partial charge in [-0.1, -0.05) is 0 Å². The van der Waals surface area contributed by atoms with Crippen LogP contribution in [0, 0.1) is 5.82 Å². The number of pyridine rings is 1. The normalized spacial score (nSPS) is 13.9. The van der Waals surface area contributed by atoms with Gasteiger partial charge in [-0.15, -0.1) is 11.8 Å². The highest BCUT2D eigenvalue weighted by molar-refractivity contribution is 8.00. The van der Waals surface area contributed by atoms with E-state index in [0.29, 0.717) is 28.9 Å². The van der Waals surface area contributed by atoms with Gasteiger partial charge in [-0.25, -0.2) is 9.37 Å². The van der Waals surface area contributed by atoms with E-state index in [4.69, 9.17) is 4.74 Å². The van der Waals surface area contributed by atoms with Gasteiger partial charge in [0.1, 0.15) is 29.7 Å². The number of rotatable bonds is 5. The Labute approximate surface area is 142 Å². The Hall–Kier alpha value is -2.61. The molecule has 2 aromatic rings. The molecule has 124 valence electrons. The number of halogens is 1. The molecule has 1 aromatic heterocycles. The van der Waals surface area contributed by atoms with Gasteiger partial charge in [0.2, 0.25) is 11.8 Å². The molecule has 2 heterocycles. The van der Waals surface area contributed by atoms with Crippen LogP contribution in [0.3, 0.4) is 0 Å². The molecule has 0 unspecified atom stereocenters. The van der Waals surface area contributed by atoms with Crippen LogP contribution in [-0.4, -0.2) is 39.9 Å². The van der Waals surface area contributed by atoms with Gasteiger partial charge in [0.25, 0.3) is 0 Å². The van der Waals surface area contributed by atoms with E-state index in [-0.39, 0.29) is 24.2 Å². The zero-order valence-electron chi connectivity index (χ0n) is 12.6. The van der Waals surface area contributed by atoms with Crippen LogP contribution in [0.5, 0.6) is 11.5 Å². The van der Waals surface area contributed by atoms with Crippen LogP contribution in [0.1, 0.15) is 0 Å². The number of thioether (sulfide) groups is 1. The lowest BCUT2D eigenvalue weighted by molar-refractivity contribution is -0.130. The highest BCUT2D eigenvalue weighted by Crippen LogP contribution is 2.21. The van der Waals surface area contributed by atoms with E-state index in [1.807, 2.05) is 0 Å². The Balaban J connectivity index is 1.55. The maximum atomic E-state index is 12.8. The van der Waals surface area contributed by atoms with Crippen LogP contribution < -0.4 is 10.1 Å². The summed E-state index contributed by atoms with van der Waals surface area (Å²) in [5.74, 6) is 1.59. The summed E-state index contributed by atoms with van der Waals surface area (Å²) in [7, 11) is 0. The molecule has 0 spiro atoms. The summed E-state index contributed by atoms with van der Waals surface area (Å²) < 4.78 is 18.4. The number of benzene rings is 1. The van der Waals surface area contributed by atoms with Gasteiger partial charge in [-0.2, -0.15) is 0 Å². The van der Waals surface area contributed by atoms with Gasteiger partial charge in [0.15, 0.2) is 0 Å². The lowest BCUT2D eigenvalue weighted by Crippen LogP contribution is -2.34. The molecule has 1 aromatic carbocycles. The molecule has 0 atom stereocenters. The molecule has 1 aliphatic heterocycles. The minimum atomic E-state index is -0.339. The predicted octanol–water partition coefficient (Wildman–Crippen LogP) is 2.48. The van der Waals surface area contributed by atoms with E-state index in [9.17, 15) is 14.0 Å². The first kappa shape index (κ1) is 16.3. The fraction of sp³-hybridized carbons (Fsp3) is 0.188. The maximum Gasteiger partial charge on any atom is 0.245 e. The predicted molar refractivity (Wildman–Crippen MR) is 88.4 cm³/mol. The largest absolute Gasteiger partial charge is 0.456 e. The molecule has 0 bridgehead atoms. The summed E-state index contributed by atoms with van der Waals surface area (Å²) in [5.41, 5.74) is 0. The number of anilines is 1. The molecule has 0 saturated carbocycles. The van der Waals surface area contributed by atoms with Crippen LogP contribution in [0.15, 0.2) is 42.6 Å². The lowest BCUT2D eigenvalue weighted by atomic mass is 10.3. The van der Waals surface area contributed by atoms with E-state index in [0.717, 1.165) is 0 Å². The number of aromatic nitrogens is 1. The molecule has 3 rings (SSSR count). The van der Waals surface area contributed by atoms with Crippen LogP contribution in [0.4, 0.5) is 10.2 Å². The number of hydrogen-bond donors (Lipinski definition) is 1. The first-order valence-electron chi connectivity index (χ1n) is 7.15. The number of nitrogens with one attached hydrogen (secondary N) is 1. The summed E-state index contributed by atoms with van der Waals surface area (Å²) in [6.07, 6.45) is 1.45. The van der Waals surface area contributed by atoms with Crippen molar-refractivity contribution in [1.82, 2.24) is 9.88 Å². The SMILES string of the molecule is O=C(CN1CSCC1=O)Nc1ccc(Oc2ccc(F)cc2)cn1. The molecule has 0 aliphatic carbocycles. The first-order chi connectivity index (χ1) is 11.6. The molecular weight excluding hydrogens is 333 g/mol. The third kappa shape index (κ3) is 4.23. The number of ether oxygens (including phenoxy) is 1. The van der Waals surface area contributed by atoms with Crippen LogP contribution in [0.25, 0.3) is 0 Å². The second-order valence-corrected chi connectivity index (χ2v) is 6.01. The van der Waals surface area contributed by atoms with Gasteiger partial charge in [-0.05, 0) is 36.4 Å². The van der Waals surface area contributed by atoms with E-state index in [1.54, 1.807) is 12.1 Å². The summed E-state index contributed by atoms with van der Waals surface area (Å²) >= 11 is 1.48. The topological polar surface area (TPSA) is 71.5 Å². The fourth-order valence-electron chi connectivity index (χ4n) is 2.05.